The van der Waals surface area contributed by atoms with Gasteiger partial charge in [0.25, 0.3) is 0 Å². The Balaban J connectivity index is 2.06. The van der Waals surface area contributed by atoms with Crippen LogP contribution in [0.5, 0.6) is 0 Å². The molecule has 4 aromatic rings. The van der Waals surface area contributed by atoms with Crippen molar-refractivity contribution in [3.63, 3.8) is 0 Å². The second-order valence-corrected chi connectivity index (χ2v) is 7.54. The molecule has 0 aliphatic carbocycles. The standard InChI is InChI=1S/C24H21N5O/c1-14-5-6-16(10-19(14)13-25)23-20(11-17-7-8-22(30)27-24(17)28-23)18-9-15(2)26-21(12-18)29(3)4/h5-12H,1-4H3,(H,27,28,30). The molecule has 0 amide bonds. The van der Waals surface area contributed by atoms with Gasteiger partial charge in [-0.2, -0.15) is 5.26 Å². The van der Waals surface area contributed by atoms with Gasteiger partial charge in [0.05, 0.1) is 17.3 Å². The number of aryl methyl sites for hydroxylation is 2. The quantitative estimate of drug-likeness (QED) is 0.562. The summed E-state index contributed by atoms with van der Waals surface area (Å²) < 4.78 is 0. The number of fused-ring (bicyclic) bond motifs is 1. The summed E-state index contributed by atoms with van der Waals surface area (Å²) in [7, 11) is 3.91. The van der Waals surface area contributed by atoms with Crippen molar-refractivity contribution in [1.29, 1.82) is 5.26 Å². The third kappa shape index (κ3) is 3.53. The number of nitrogens with one attached hydrogen (secondary N) is 1. The van der Waals surface area contributed by atoms with Gasteiger partial charge >= 0.3 is 0 Å². The number of hydrogen-bond donors (Lipinski definition) is 1. The number of nitrogens with zero attached hydrogens (tertiary/aromatic N) is 4. The van der Waals surface area contributed by atoms with Crippen molar-refractivity contribution in [2.24, 2.45) is 0 Å². The molecule has 1 aromatic carbocycles. The Bertz CT molecular complexity index is 1380. The fourth-order valence-corrected chi connectivity index (χ4v) is 3.45. The zero-order valence-electron chi connectivity index (χ0n) is 17.3. The first kappa shape index (κ1) is 19.3. The van der Waals surface area contributed by atoms with Gasteiger partial charge in [-0.25, -0.2) is 9.97 Å². The smallest absolute Gasteiger partial charge is 0.249 e. The molecule has 0 saturated heterocycles. The zero-order chi connectivity index (χ0) is 21.4. The predicted molar refractivity (Wildman–Crippen MR) is 120 cm³/mol. The minimum atomic E-state index is -0.204. The molecule has 1 N–H and O–H groups in total. The Hall–Kier alpha value is -3.98. The van der Waals surface area contributed by atoms with E-state index in [1.807, 2.05) is 69.2 Å². The van der Waals surface area contributed by atoms with Gasteiger partial charge in [0, 0.05) is 42.4 Å². The maximum atomic E-state index is 11.8. The van der Waals surface area contributed by atoms with Crippen LogP contribution in [0.1, 0.15) is 16.8 Å². The lowest BCUT2D eigenvalue weighted by Gasteiger charge is -2.16. The highest BCUT2D eigenvalue weighted by atomic mass is 16.1. The molecule has 6 heteroatoms. The van der Waals surface area contributed by atoms with Gasteiger partial charge in [0.2, 0.25) is 5.56 Å². The van der Waals surface area contributed by atoms with Gasteiger partial charge in [-0.3, -0.25) is 4.79 Å². The van der Waals surface area contributed by atoms with Crippen LogP contribution in [-0.2, 0) is 0 Å². The summed E-state index contributed by atoms with van der Waals surface area (Å²) in [6, 6.07) is 17.3. The van der Waals surface area contributed by atoms with Crippen molar-refractivity contribution in [3.05, 3.63) is 75.7 Å². The number of anilines is 1. The van der Waals surface area contributed by atoms with Crippen LogP contribution in [-0.4, -0.2) is 29.0 Å². The summed E-state index contributed by atoms with van der Waals surface area (Å²) in [5.41, 5.74) is 6.12. The van der Waals surface area contributed by atoms with E-state index in [0.29, 0.717) is 16.9 Å². The maximum absolute atomic E-state index is 11.8. The van der Waals surface area contributed by atoms with Crippen molar-refractivity contribution in [2.45, 2.75) is 13.8 Å². The number of rotatable bonds is 3. The number of hydrogen-bond acceptors (Lipinski definition) is 5. The lowest BCUT2D eigenvalue weighted by atomic mass is 9.96. The van der Waals surface area contributed by atoms with Gasteiger partial charge in [-0.05, 0) is 55.3 Å². The van der Waals surface area contributed by atoms with Gasteiger partial charge in [0.15, 0.2) is 0 Å². The fourth-order valence-electron chi connectivity index (χ4n) is 3.45. The minimum absolute atomic E-state index is 0.204. The van der Waals surface area contributed by atoms with Crippen LogP contribution < -0.4 is 10.5 Å². The predicted octanol–water partition coefficient (Wildman–Crippen LogP) is 4.21. The van der Waals surface area contributed by atoms with E-state index < -0.39 is 0 Å². The largest absolute Gasteiger partial charge is 0.363 e. The molecular formula is C24H21N5O. The van der Waals surface area contributed by atoms with E-state index in [4.69, 9.17) is 4.98 Å². The minimum Gasteiger partial charge on any atom is -0.363 e. The van der Waals surface area contributed by atoms with Crippen molar-refractivity contribution in [1.82, 2.24) is 15.0 Å². The lowest BCUT2D eigenvalue weighted by molar-refractivity contribution is 1.05. The van der Waals surface area contributed by atoms with Crippen molar-refractivity contribution >= 4 is 16.9 Å². The maximum Gasteiger partial charge on any atom is 0.249 e. The van der Waals surface area contributed by atoms with Crippen LogP contribution in [0.25, 0.3) is 33.4 Å². The molecule has 0 radical (unpaired) electrons. The molecule has 6 nitrogen and oxygen atoms in total. The van der Waals surface area contributed by atoms with E-state index in [0.717, 1.165) is 39.2 Å². The summed E-state index contributed by atoms with van der Waals surface area (Å²) in [6.45, 7) is 3.87. The van der Waals surface area contributed by atoms with Crippen LogP contribution in [0.2, 0.25) is 0 Å². The molecule has 0 unspecified atom stereocenters. The molecule has 4 rings (SSSR count). The molecule has 0 bridgehead atoms. The number of H-pyrrole nitrogens is 1. The Morgan fingerprint density at radius 3 is 2.50 bits per heavy atom. The Kier molecular flexibility index (Phi) is 4.80. The number of pyridine rings is 3. The van der Waals surface area contributed by atoms with Crippen LogP contribution in [0.15, 0.2) is 53.3 Å². The molecule has 30 heavy (non-hydrogen) atoms. The molecule has 0 aliphatic heterocycles. The molecule has 3 aromatic heterocycles. The van der Waals surface area contributed by atoms with Crippen LogP contribution in [0, 0.1) is 25.2 Å². The van der Waals surface area contributed by atoms with Gasteiger partial charge in [-0.1, -0.05) is 12.1 Å². The molecule has 0 aliphatic rings. The fraction of sp³-hybridized carbons (Fsp3) is 0.167. The second-order valence-electron chi connectivity index (χ2n) is 7.54. The SMILES string of the molecule is Cc1cc(-c2cc3ccc(=O)[nH]c3nc2-c2ccc(C)c(C#N)c2)cc(N(C)C)n1. The Labute approximate surface area is 174 Å². The number of aromatic amines is 1. The number of nitriles is 1. The Morgan fingerprint density at radius 2 is 1.77 bits per heavy atom. The molecule has 0 fully saturated rings. The van der Waals surface area contributed by atoms with E-state index in [-0.39, 0.29) is 5.56 Å². The zero-order valence-corrected chi connectivity index (χ0v) is 17.3. The normalized spacial score (nSPS) is 10.8. The van der Waals surface area contributed by atoms with Crippen LogP contribution >= 0.6 is 0 Å². The van der Waals surface area contributed by atoms with Crippen LogP contribution in [0.4, 0.5) is 5.82 Å². The highest BCUT2D eigenvalue weighted by Crippen LogP contribution is 2.35. The van der Waals surface area contributed by atoms with Gasteiger partial charge < -0.3 is 9.88 Å². The average molecular weight is 395 g/mol. The topological polar surface area (TPSA) is 85.7 Å². The molecule has 148 valence electrons. The van der Waals surface area contributed by atoms with Crippen molar-refractivity contribution in [2.75, 3.05) is 19.0 Å². The second kappa shape index (κ2) is 7.45. The van der Waals surface area contributed by atoms with Crippen molar-refractivity contribution in [3.8, 4) is 28.5 Å². The Morgan fingerprint density at radius 1 is 0.967 bits per heavy atom. The molecule has 0 saturated carbocycles. The number of aromatic nitrogens is 3. The van der Waals surface area contributed by atoms with E-state index in [1.165, 1.54) is 6.07 Å². The first-order valence-corrected chi connectivity index (χ1v) is 9.57. The third-order valence-electron chi connectivity index (χ3n) is 5.05. The summed E-state index contributed by atoms with van der Waals surface area (Å²) in [4.78, 5) is 26.0. The number of benzene rings is 1. The molecule has 0 atom stereocenters. The third-order valence-corrected chi connectivity index (χ3v) is 5.05. The summed E-state index contributed by atoms with van der Waals surface area (Å²) >= 11 is 0. The van der Waals surface area contributed by atoms with Gasteiger partial charge in [-0.15, -0.1) is 0 Å². The summed E-state index contributed by atoms with van der Waals surface area (Å²) in [6.07, 6.45) is 0. The van der Waals surface area contributed by atoms with Crippen LogP contribution in [0.3, 0.4) is 0 Å². The average Bonchev–Trinajstić information content (AvgIpc) is 2.72. The first-order chi connectivity index (χ1) is 14.4. The summed E-state index contributed by atoms with van der Waals surface area (Å²) in [5.74, 6) is 0.846. The summed E-state index contributed by atoms with van der Waals surface area (Å²) in [5, 5.41) is 10.3. The molecule has 0 spiro atoms. The lowest BCUT2D eigenvalue weighted by Crippen LogP contribution is -2.11. The molecular weight excluding hydrogens is 374 g/mol. The monoisotopic (exact) mass is 395 g/mol. The highest BCUT2D eigenvalue weighted by molar-refractivity contribution is 5.90. The highest BCUT2D eigenvalue weighted by Gasteiger charge is 2.15. The van der Waals surface area contributed by atoms with E-state index in [9.17, 15) is 10.1 Å². The van der Waals surface area contributed by atoms with E-state index >= 15 is 0 Å². The van der Waals surface area contributed by atoms with E-state index in [2.05, 4.69) is 16.0 Å². The van der Waals surface area contributed by atoms with E-state index in [1.54, 1.807) is 6.07 Å². The van der Waals surface area contributed by atoms with Gasteiger partial charge in [0.1, 0.15) is 11.5 Å². The molecule has 3 heterocycles. The van der Waals surface area contributed by atoms with Crippen molar-refractivity contribution < 1.29 is 0 Å². The first-order valence-electron chi connectivity index (χ1n) is 9.57.